The molecule has 21 heavy (non-hydrogen) atoms. The Morgan fingerprint density at radius 2 is 2.00 bits per heavy atom. The van der Waals surface area contributed by atoms with Crippen LogP contribution >= 0.6 is 0 Å². The molecule has 120 valence electrons. The average molecular weight is 323 g/mol. The van der Waals surface area contributed by atoms with E-state index in [0.717, 1.165) is 6.26 Å². The van der Waals surface area contributed by atoms with Crippen molar-refractivity contribution in [2.45, 2.75) is 26.1 Å². The van der Waals surface area contributed by atoms with E-state index in [1.165, 1.54) is 13.2 Å². The third-order valence-corrected chi connectivity index (χ3v) is 3.79. The third kappa shape index (κ3) is 6.26. The lowest BCUT2D eigenvalue weighted by Crippen LogP contribution is -2.32. The van der Waals surface area contributed by atoms with Gasteiger partial charge in [-0.3, -0.25) is 0 Å². The van der Waals surface area contributed by atoms with Crippen molar-refractivity contribution in [2.24, 2.45) is 0 Å². The Morgan fingerprint density at radius 1 is 1.33 bits per heavy atom. The van der Waals surface area contributed by atoms with Crippen molar-refractivity contribution in [3.63, 3.8) is 0 Å². The molecule has 0 saturated heterocycles. The number of sulfone groups is 1. The van der Waals surface area contributed by atoms with Gasteiger partial charge in [-0.2, -0.15) is 8.78 Å². The van der Waals surface area contributed by atoms with Gasteiger partial charge in [-0.05, 0) is 13.0 Å². The maximum absolute atomic E-state index is 12.5. The Balaban J connectivity index is 2.82. The summed E-state index contributed by atoms with van der Waals surface area (Å²) >= 11 is 0. The molecule has 1 aromatic carbocycles. The average Bonchev–Trinajstić information content (AvgIpc) is 2.34. The molecule has 1 atom stereocenters. The second-order valence-electron chi connectivity index (χ2n) is 4.70. The topological polar surface area (TPSA) is 64.6 Å². The van der Waals surface area contributed by atoms with Crippen LogP contribution in [0.3, 0.4) is 0 Å². The molecule has 0 amide bonds. The molecule has 1 rings (SSSR count). The monoisotopic (exact) mass is 323 g/mol. The summed E-state index contributed by atoms with van der Waals surface area (Å²) in [6.45, 7) is -1.07. The molecule has 0 spiro atoms. The number of nitrogens with one attached hydrogen (secondary N) is 1. The molecule has 1 unspecified atom stereocenters. The van der Waals surface area contributed by atoms with Crippen LogP contribution in [0.5, 0.6) is 11.5 Å². The van der Waals surface area contributed by atoms with E-state index in [1.54, 1.807) is 19.1 Å². The number of hydrogen-bond donors (Lipinski definition) is 1. The first-order chi connectivity index (χ1) is 9.73. The van der Waals surface area contributed by atoms with Crippen LogP contribution in [0.1, 0.15) is 12.5 Å². The van der Waals surface area contributed by atoms with E-state index >= 15 is 0 Å². The third-order valence-electron chi connectivity index (χ3n) is 2.68. The number of rotatable bonds is 8. The molecule has 0 bridgehead atoms. The number of ether oxygens (including phenoxy) is 2. The van der Waals surface area contributed by atoms with Gasteiger partial charge in [0.05, 0.1) is 12.9 Å². The van der Waals surface area contributed by atoms with Gasteiger partial charge in [0.1, 0.15) is 9.84 Å². The van der Waals surface area contributed by atoms with Gasteiger partial charge in [0.2, 0.25) is 0 Å². The zero-order valence-corrected chi connectivity index (χ0v) is 12.9. The summed E-state index contributed by atoms with van der Waals surface area (Å²) in [5.74, 6) is 0.113. The molecule has 0 aliphatic heterocycles. The molecule has 0 aliphatic rings. The number of methoxy groups -OCH3 is 1. The van der Waals surface area contributed by atoms with E-state index in [0.29, 0.717) is 5.56 Å². The largest absolute Gasteiger partial charge is 0.493 e. The van der Waals surface area contributed by atoms with Gasteiger partial charge in [0.15, 0.2) is 11.5 Å². The van der Waals surface area contributed by atoms with Crippen LogP contribution in [-0.2, 0) is 16.4 Å². The highest BCUT2D eigenvalue weighted by Gasteiger charge is 2.16. The molecule has 0 aromatic heterocycles. The fourth-order valence-corrected chi connectivity index (χ4v) is 2.91. The quantitative estimate of drug-likeness (QED) is 0.790. The van der Waals surface area contributed by atoms with Crippen LogP contribution in [-0.4, -0.2) is 40.2 Å². The van der Waals surface area contributed by atoms with E-state index in [4.69, 9.17) is 4.74 Å². The summed E-state index contributed by atoms with van der Waals surface area (Å²) in [6, 6.07) is 4.46. The van der Waals surface area contributed by atoms with E-state index < -0.39 is 16.4 Å². The second-order valence-corrected chi connectivity index (χ2v) is 6.89. The van der Waals surface area contributed by atoms with Gasteiger partial charge in [-0.1, -0.05) is 12.1 Å². The molecular formula is C13H19F2NO4S. The molecule has 1 N–H and O–H groups in total. The maximum atomic E-state index is 12.5. The van der Waals surface area contributed by atoms with Crippen LogP contribution in [0.25, 0.3) is 0 Å². The highest BCUT2D eigenvalue weighted by Crippen LogP contribution is 2.32. The number of halogens is 2. The van der Waals surface area contributed by atoms with Crippen LogP contribution in [0.15, 0.2) is 18.2 Å². The first kappa shape index (κ1) is 17.6. The Morgan fingerprint density at radius 3 is 2.52 bits per heavy atom. The summed E-state index contributed by atoms with van der Waals surface area (Å²) in [4.78, 5) is 0. The van der Waals surface area contributed by atoms with Crippen molar-refractivity contribution < 1.29 is 26.7 Å². The van der Waals surface area contributed by atoms with Crippen LogP contribution in [0.4, 0.5) is 8.78 Å². The molecule has 0 heterocycles. The summed E-state index contributed by atoms with van der Waals surface area (Å²) < 4.78 is 56.8. The van der Waals surface area contributed by atoms with E-state index in [9.17, 15) is 17.2 Å². The number of alkyl halides is 2. The Labute approximate surface area is 123 Å². The number of hydrogen-bond acceptors (Lipinski definition) is 5. The van der Waals surface area contributed by atoms with Gasteiger partial charge in [-0.25, -0.2) is 8.42 Å². The van der Waals surface area contributed by atoms with Crippen molar-refractivity contribution in [3.8, 4) is 11.5 Å². The van der Waals surface area contributed by atoms with Crippen molar-refractivity contribution in [2.75, 3.05) is 19.1 Å². The van der Waals surface area contributed by atoms with E-state index in [1.807, 2.05) is 0 Å². The number of benzene rings is 1. The highest BCUT2D eigenvalue weighted by atomic mass is 32.2. The Kier molecular flexibility index (Phi) is 6.35. The SMILES string of the molecule is COc1cccc(CNC(C)CS(C)(=O)=O)c1OC(F)F. The van der Waals surface area contributed by atoms with Crippen LogP contribution in [0.2, 0.25) is 0 Å². The molecule has 1 aromatic rings. The Bertz CT molecular complexity index is 563. The minimum atomic E-state index is -3.11. The standard InChI is InChI=1S/C13H19F2NO4S/c1-9(8-21(3,17)18)16-7-10-5-4-6-11(19-2)12(10)20-13(14)15/h4-6,9,13,16H,7-8H2,1-3H3. The van der Waals surface area contributed by atoms with Crippen molar-refractivity contribution >= 4 is 9.84 Å². The summed E-state index contributed by atoms with van der Waals surface area (Å²) in [5, 5.41) is 2.96. The zero-order chi connectivity index (χ0) is 16.0. The molecule has 0 radical (unpaired) electrons. The fraction of sp³-hybridized carbons (Fsp3) is 0.538. The van der Waals surface area contributed by atoms with Crippen molar-refractivity contribution in [1.82, 2.24) is 5.32 Å². The Hall–Kier alpha value is -1.41. The first-order valence-corrected chi connectivity index (χ1v) is 8.30. The normalized spacial score (nSPS) is 13.2. The summed E-state index contributed by atoms with van der Waals surface area (Å²) in [6.07, 6.45) is 1.14. The van der Waals surface area contributed by atoms with E-state index in [2.05, 4.69) is 10.1 Å². The maximum Gasteiger partial charge on any atom is 0.387 e. The first-order valence-electron chi connectivity index (χ1n) is 6.24. The molecule has 0 aliphatic carbocycles. The highest BCUT2D eigenvalue weighted by molar-refractivity contribution is 7.90. The minimum Gasteiger partial charge on any atom is -0.493 e. The zero-order valence-electron chi connectivity index (χ0n) is 12.1. The number of para-hydroxylation sites is 1. The van der Waals surface area contributed by atoms with Crippen LogP contribution < -0.4 is 14.8 Å². The molecule has 5 nitrogen and oxygen atoms in total. The lowest BCUT2D eigenvalue weighted by atomic mass is 10.1. The van der Waals surface area contributed by atoms with Gasteiger partial charge in [0.25, 0.3) is 0 Å². The molecular weight excluding hydrogens is 304 g/mol. The summed E-state index contributed by atoms with van der Waals surface area (Å²) in [5.41, 5.74) is 0.468. The molecule has 0 fully saturated rings. The van der Waals surface area contributed by atoms with Gasteiger partial charge in [0, 0.05) is 24.4 Å². The molecule has 8 heteroatoms. The van der Waals surface area contributed by atoms with Crippen LogP contribution in [0, 0.1) is 0 Å². The summed E-state index contributed by atoms with van der Waals surface area (Å²) in [7, 11) is -1.75. The molecule has 0 saturated carbocycles. The fourth-order valence-electron chi connectivity index (χ4n) is 1.88. The predicted molar refractivity (Wildman–Crippen MR) is 75.6 cm³/mol. The van der Waals surface area contributed by atoms with Gasteiger partial charge < -0.3 is 14.8 Å². The van der Waals surface area contributed by atoms with Gasteiger partial charge in [-0.15, -0.1) is 0 Å². The lowest BCUT2D eigenvalue weighted by Gasteiger charge is -2.17. The lowest BCUT2D eigenvalue weighted by molar-refractivity contribution is -0.0518. The van der Waals surface area contributed by atoms with Gasteiger partial charge >= 0.3 is 6.61 Å². The van der Waals surface area contributed by atoms with Crippen molar-refractivity contribution in [3.05, 3.63) is 23.8 Å². The smallest absolute Gasteiger partial charge is 0.387 e. The minimum absolute atomic E-state index is 0.0397. The predicted octanol–water partition coefficient (Wildman–Crippen LogP) is 1.82. The van der Waals surface area contributed by atoms with Crippen molar-refractivity contribution in [1.29, 1.82) is 0 Å². The second kappa shape index (κ2) is 7.56. The van der Waals surface area contributed by atoms with E-state index in [-0.39, 0.29) is 29.8 Å².